The smallest absolute Gasteiger partial charge is 0.272 e. The Balaban J connectivity index is 1.50. The van der Waals surface area contributed by atoms with Crippen molar-refractivity contribution in [2.24, 2.45) is 11.0 Å². The van der Waals surface area contributed by atoms with E-state index in [4.69, 9.17) is 0 Å². The molecule has 3 aromatic carbocycles. The number of carbonyl (C=O) groups is 2. The van der Waals surface area contributed by atoms with Crippen molar-refractivity contribution < 1.29 is 14.7 Å². The number of aromatic amines is 1. The van der Waals surface area contributed by atoms with Crippen molar-refractivity contribution in [2.75, 3.05) is 5.32 Å². The highest BCUT2D eigenvalue weighted by molar-refractivity contribution is 6.18. The van der Waals surface area contributed by atoms with Crippen LogP contribution < -0.4 is 10.7 Å². The minimum absolute atomic E-state index is 0.123. The van der Waals surface area contributed by atoms with Gasteiger partial charge in [0.15, 0.2) is 0 Å². The Morgan fingerprint density at radius 2 is 1.85 bits per heavy atom. The zero-order valence-corrected chi connectivity index (χ0v) is 18.6. The van der Waals surface area contributed by atoms with Crippen LogP contribution >= 0.6 is 0 Å². The second-order valence-corrected chi connectivity index (χ2v) is 8.39. The first-order valence-electron chi connectivity index (χ1n) is 11.2. The van der Waals surface area contributed by atoms with E-state index in [1.54, 1.807) is 24.4 Å². The monoisotopic (exact) mass is 452 g/mol. The summed E-state index contributed by atoms with van der Waals surface area (Å²) in [6.07, 6.45) is 2.86. The summed E-state index contributed by atoms with van der Waals surface area (Å²) < 4.78 is 0. The lowest BCUT2D eigenvalue weighted by molar-refractivity contribution is -0.119. The first kappa shape index (κ1) is 21.5. The van der Waals surface area contributed by atoms with Gasteiger partial charge in [-0.3, -0.25) is 9.59 Å². The van der Waals surface area contributed by atoms with E-state index >= 15 is 0 Å². The van der Waals surface area contributed by atoms with E-state index in [2.05, 4.69) is 20.8 Å². The number of nitrogens with zero attached hydrogens (tertiary/aromatic N) is 1. The molecular formula is C27H24N4O3. The van der Waals surface area contributed by atoms with E-state index in [1.807, 2.05) is 55.5 Å². The van der Waals surface area contributed by atoms with E-state index in [0.29, 0.717) is 24.1 Å². The number of anilines is 1. The van der Waals surface area contributed by atoms with Gasteiger partial charge in [-0.25, -0.2) is 5.43 Å². The molecule has 0 spiro atoms. The number of nitrogens with one attached hydrogen (secondary N) is 3. The molecule has 2 amide bonds. The van der Waals surface area contributed by atoms with Gasteiger partial charge in [0, 0.05) is 28.1 Å². The number of H-pyrrole nitrogens is 1. The minimum atomic E-state index is -0.328. The van der Waals surface area contributed by atoms with Crippen molar-refractivity contribution in [3.8, 4) is 17.0 Å². The molecule has 7 heteroatoms. The molecule has 4 N–H and O–H groups in total. The topological polar surface area (TPSA) is 107 Å². The average Bonchev–Trinajstić information content (AvgIpc) is 3.13. The molecule has 0 aliphatic carbocycles. The summed E-state index contributed by atoms with van der Waals surface area (Å²) in [7, 11) is 0. The third-order valence-corrected chi connectivity index (χ3v) is 6.15. The molecule has 1 aromatic heterocycles. The molecule has 1 atom stereocenters. The molecule has 4 aromatic rings. The van der Waals surface area contributed by atoms with E-state index in [9.17, 15) is 14.7 Å². The quantitative estimate of drug-likeness (QED) is 0.337. The number of aromatic hydroxyl groups is 1. The highest BCUT2D eigenvalue weighted by atomic mass is 16.3. The van der Waals surface area contributed by atoms with Gasteiger partial charge in [0.1, 0.15) is 5.75 Å². The van der Waals surface area contributed by atoms with Gasteiger partial charge in [0.05, 0.1) is 17.5 Å². The normalized spacial score (nSPS) is 13.4. The molecule has 0 bridgehead atoms. The summed E-state index contributed by atoms with van der Waals surface area (Å²) in [6, 6.07) is 20.3. The molecule has 170 valence electrons. The summed E-state index contributed by atoms with van der Waals surface area (Å²) in [5, 5.41) is 17.4. The van der Waals surface area contributed by atoms with Gasteiger partial charge in [-0.2, -0.15) is 5.10 Å². The van der Waals surface area contributed by atoms with Gasteiger partial charge in [0.25, 0.3) is 5.91 Å². The molecule has 5 rings (SSSR count). The Morgan fingerprint density at radius 1 is 1.09 bits per heavy atom. The van der Waals surface area contributed by atoms with Crippen LogP contribution in [0.4, 0.5) is 5.69 Å². The molecule has 1 aliphatic heterocycles. The lowest BCUT2D eigenvalue weighted by Crippen LogP contribution is -2.24. The predicted octanol–water partition coefficient (Wildman–Crippen LogP) is 4.83. The lowest BCUT2D eigenvalue weighted by Gasteiger charge is -2.16. The summed E-state index contributed by atoms with van der Waals surface area (Å²) >= 11 is 0. The zero-order chi connectivity index (χ0) is 23.7. The van der Waals surface area contributed by atoms with E-state index < -0.39 is 0 Å². The zero-order valence-electron chi connectivity index (χ0n) is 18.6. The molecule has 0 saturated carbocycles. The Bertz CT molecular complexity index is 1410. The largest absolute Gasteiger partial charge is 0.508 e. The molecule has 7 nitrogen and oxygen atoms in total. The van der Waals surface area contributed by atoms with Crippen molar-refractivity contribution in [1.29, 1.82) is 0 Å². The maximum Gasteiger partial charge on any atom is 0.272 e. The van der Waals surface area contributed by atoms with Gasteiger partial charge in [-0.1, -0.05) is 49.4 Å². The number of phenolic OH excluding ortho intramolecular Hbond substituents is 1. The molecule has 0 unspecified atom stereocenters. The van der Waals surface area contributed by atoms with E-state index in [1.165, 1.54) is 0 Å². The Morgan fingerprint density at radius 3 is 2.59 bits per heavy atom. The number of amides is 2. The van der Waals surface area contributed by atoms with Crippen LogP contribution in [-0.4, -0.2) is 28.1 Å². The van der Waals surface area contributed by atoms with Crippen LogP contribution in [0, 0.1) is 5.92 Å². The maximum atomic E-state index is 13.1. The van der Waals surface area contributed by atoms with Crippen LogP contribution in [0.1, 0.15) is 34.8 Å². The number of carbonyl (C=O) groups excluding carboxylic acids is 2. The standard InChI is InChI=1S/C27H24N4O3/c1-2-17(12-16-8-10-20(32)11-9-16)26(33)29-19-13-21-24-22(15-28-31-27(21)34)25(30-23(24)14-19)18-6-4-3-5-7-18/h3-11,13-15,17,30,32H,2,12H2,1H3,(H,29,33)(H,31,34)/t17-/m1/s1. The van der Waals surface area contributed by atoms with Crippen LogP contribution in [0.3, 0.4) is 0 Å². The van der Waals surface area contributed by atoms with E-state index in [0.717, 1.165) is 33.3 Å². The lowest BCUT2D eigenvalue weighted by atomic mass is 9.95. The first-order valence-corrected chi connectivity index (χ1v) is 11.2. The predicted molar refractivity (Wildman–Crippen MR) is 133 cm³/mol. The molecule has 0 saturated heterocycles. The van der Waals surface area contributed by atoms with Gasteiger partial charge in [-0.15, -0.1) is 0 Å². The van der Waals surface area contributed by atoms with Crippen LogP contribution in [-0.2, 0) is 11.2 Å². The number of hydrazone groups is 1. The van der Waals surface area contributed by atoms with Crippen LogP contribution in [0.15, 0.2) is 71.8 Å². The summed E-state index contributed by atoms with van der Waals surface area (Å²) in [4.78, 5) is 29.3. The molecule has 34 heavy (non-hydrogen) atoms. The van der Waals surface area contributed by atoms with E-state index in [-0.39, 0.29) is 23.5 Å². The van der Waals surface area contributed by atoms with Crippen LogP contribution in [0.2, 0.25) is 0 Å². The number of aromatic nitrogens is 1. The number of hydrogen-bond donors (Lipinski definition) is 4. The van der Waals surface area contributed by atoms with Crippen LogP contribution in [0.5, 0.6) is 5.75 Å². The van der Waals surface area contributed by atoms with Gasteiger partial charge in [0.2, 0.25) is 5.91 Å². The molecule has 2 heterocycles. The number of hydrogen-bond acceptors (Lipinski definition) is 4. The highest BCUT2D eigenvalue weighted by Gasteiger charge is 2.23. The number of rotatable bonds is 6. The Kier molecular flexibility index (Phi) is 5.59. The Labute approximate surface area is 196 Å². The summed E-state index contributed by atoms with van der Waals surface area (Å²) in [6.45, 7) is 1.97. The molecule has 0 radical (unpaired) electrons. The summed E-state index contributed by atoms with van der Waals surface area (Å²) in [5.74, 6) is -0.509. The Hall–Kier alpha value is -4.39. The van der Waals surface area contributed by atoms with Crippen molar-refractivity contribution in [3.63, 3.8) is 0 Å². The van der Waals surface area contributed by atoms with Gasteiger partial charge >= 0.3 is 0 Å². The van der Waals surface area contributed by atoms with Crippen molar-refractivity contribution in [3.05, 3.63) is 83.4 Å². The second kappa shape index (κ2) is 8.86. The van der Waals surface area contributed by atoms with Crippen molar-refractivity contribution in [2.45, 2.75) is 19.8 Å². The first-order chi connectivity index (χ1) is 16.5. The molecule has 0 fully saturated rings. The maximum absolute atomic E-state index is 13.1. The minimum Gasteiger partial charge on any atom is -0.508 e. The van der Waals surface area contributed by atoms with Crippen molar-refractivity contribution >= 4 is 34.6 Å². The number of phenols is 1. The molecular weight excluding hydrogens is 428 g/mol. The SMILES string of the molecule is CC[C@H](Cc1ccc(O)cc1)C(=O)Nc1cc2c3c(c(-c4ccccc4)[nH]c3c1)C=NNC2=O. The van der Waals surface area contributed by atoms with Gasteiger partial charge < -0.3 is 15.4 Å². The third kappa shape index (κ3) is 4.03. The third-order valence-electron chi connectivity index (χ3n) is 6.15. The fraction of sp³-hybridized carbons (Fsp3) is 0.148. The number of benzene rings is 3. The summed E-state index contributed by atoms with van der Waals surface area (Å²) in [5.41, 5.74) is 7.93. The van der Waals surface area contributed by atoms with Gasteiger partial charge in [-0.05, 0) is 48.2 Å². The van der Waals surface area contributed by atoms with Crippen molar-refractivity contribution in [1.82, 2.24) is 10.4 Å². The second-order valence-electron chi connectivity index (χ2n) is 8.39. The average molecular weight is 453 g/mol. The molecule has 1 aliphatic rings. The fourth-order valence-electron chi connectivity index (χ4n) is 4.37. The highest BCUT2D eigenvalue weighted by Crippen LogP contribution is 2.34. The fourth-order valence-corrected chi connectivity index (χ4v) is 4.37. The van der Waals surface area contributed by atoms with Crippen LogP contribution in [0.25, 0.3) is 22.2 Å².